The number of carbonyl (C=O) groups is 2. The molecule has 340 valence electrons. The largest absolute Gasteiger partial charge is 0.466 e. The number of rotatable bonds is 45. The zero-order valence-corrected chi connectivity index (χ0v) is 40.0. The average Bonchev–Trinajstić information content (AvgIpc) is 3.20. The Morgan fingerprint density at radius 3 is 0.965 bits per heavy atom. The van der Waals surface area contributed by atoms with E-state index in [1.807, 2.05) is 0 Å². The molecule has 0 fully saturated rings. The second kappa shape index (κ2) is 43.0. The first-order valence-electron chi connectivity index (χ1n) is 25.8. The van der Waals surface area contributed by atoms with E-state index in [1.54, 1.807) is 0 Å². The van der Waals surface area contributed by atoms with Gasteiger partial charge in [0.1, 0.15) is 0 Å². The van der Waals surface area contributed by atoms with Crippen LogP contribution in [0.15, 0.2) is 0 Å². The van der Waals surface area contributed by atoms with Gasteiger partial charge < -0.3 is 14.4 Å². The molecule has 0 aromatic carbocycles. The molecule has 0 amide bonds. The van der Waals surface area contributed by atoms with Gasteiger partial charge in [0.25, 0.3) is 0 Å². The monoisotopic (exact) mass is 806 g/mol. The van der Waals surface area contributed by atoms with Gasteiger partial charge in [0.15, 0.2) is 0 Å². The zero-order valence-electron chi connectivity index (χ0n) is 40.0. The van der Waals surface area contributed by atoms with E-state index in [4.69, 9.17) is 9.47 Å². The number of hydrogen-bond donors (Lipinski definition) is 0. The van der Waals surface area contributed by atoms with Crippen molar-refractivity contribution in [2.45, 2.75) is 279 Å². The van der Waals surface area contributed by atoms with Crippen molar-refractivity contribution in [1.82, 2.24) is 4.90 Å². The second-order valence-corrected chi connectivity index (χ2v) is 18.7. The first kappa shape index (κ1) is 55.9. The predicted molar refractivity (Wildman–Crippen MR) is 249 cm³/mol. The summed E-state index contributed by atoms with van der Waals surface area (Å²) in [5, 5.41) is 0. The lowest BCUT2D eigenvalue weighted by atomic mass is 9.93. The van der Waals surface area contributed by atoms with E-state index in [2.05, 4.69) is 53.5 Å². The topological polar surface area (TPSA) is 55.8 Å². The summed E-state index contributed by atoms with van der Waals surface area (Å²) in [6.45, 7) is 16.2. The third kappa shape index (κ3) is 38.8. The zero-order chi connectivity index (χ0) is 42.0. The molecule has 0 atom stereocenters. The minimum atomic E-state index is 0.0197. The van der Waals surface area contributed by atoms with E-state index in [9.17, 15) is 9.59 Å². The van der Waals surface area contributed by atoms with Crippen molar-refractivity contribution in [3.8, 4) is 0 Å². The fourth-order valence-corrected chi connectivity index (χ4v) is 8.48. The van der Waals surface area contributed by atoms with Crippen molar-refractivity contribution in [1.29, 1.82) is 0 Å². The highest BCUT2D eigenvalue weighted by atomic mass is 16.5. The Hall–Kier alpha value is -1.10. The van der Waals surface area contributed by atoms with Gasteiger partial charge in [0.05, 0.1) is 13.2 Å². The van der Waals surface area contributed by atoms with Crippen LogP contribution in [0.5, 0.6) is 0 Å². The third-order valence-electron chi connectivity index (χ3n) is 12.9. The van der Waals surface area contributed by atoms with E-state index in [1.165, 1.54) is 186 Å². The van der Waals surface area contributed by atoms with Crippen LogP contribution in [0.2, 0.25) is 0 Å². The van der Waals surface area contributed by atoms with Crippen molar-refractivity contribution < 1.29 is 19.1 Å². The molecule has 0 N–H and O–H groups in total. The van der Waals surface area contributed by atoms with Gasteiger partial charge >= 0.3 is 11.9 Å². The molecule has 5 heteroatoms. The number of nitrogens with zero attached hydrogens (tertiary/aromatic N) is 1. The Kier molecular flexibility index (Phi) is 42.2. The molecule has 0 bridgehead atoms. The summed E-state index contributed by atoms with van der Waals surface area (Å²) >= 11 is 0. The quantitative estimate of drug-likeness (QED) is 0.0453. The van der Waals surface area contributed by atoms with Crippen molar-refractivity contribution >= 4 is 11.9 Å². The van der Waals surface area contributed by atoms with Crippen LogP contribution in [0.4, 0.5) is 0 Å². The highest BCUT2D eigenvalue weighted by Crippen LogP contribution is 2.23. The molecule has 0 unspecified atom stereocenters. The van der Waals surface area contributed by atoms with E-state index in [0.29, 0.717) is 32.1 Å². The molecule has 0 rings (SSSR count). The summed E-state index contributed by atoms with van der Waals surface area (Å²) in [4.78, 5) is 27.0. The van der Waals surface area contributed by atoms with Gasteiger partial charge in [-0.25, -0.2) is 0 Å². The molecule has 0 radical (unpaired) electrons. The summed E-state index contributed by atoms with van der Waals surface area (Å²) in [6, 6.07) is 0.621. The van der Waals surface area contributed by atoms with Gasteiger partial charge in [-0.1, -0.05) is 207 Å². The summed E-state index contributed by atoms with van der Waals surface area (Å²) in [7, 11) is 2.31. The van der Waals surface area contributed by atoms with Crippen molar-refractivity contribution in [3.63, 3.8) is 0 Å². The van der Waals surface area contributed by atoms with Gasteiger partial charge in [-0.3, -0.25) is 9.59 Å². The van der Waals surface area contributed by atoms with Crippen molar-refractivity contribution in [2.75, 3.05) is 26.8 Å². The smallest absolute Gasteiger partial charge is 0.305 e. The van der Waals surface area contributed by atoms with Crippen LogP contribution >= 0.6 is 0 Å². The van der Waals surface area contributed by atoms with Gasteiger partial charge in [-0.2, -0.15) is 0 Å². The van der Waals surface area contributed by atoms with E-state index in [-0.39, 0.29) is 11.9 Å². The van der Waals surface area contributed by atoms with Crippen LogP contribution < -0.4 is 0 Å². The SMILES string of the molecule is CCCCC(CCCC)CCOC(=O)CCCCCCCCCCCC(CCCCCCCCCCCC(=O)OCCC(CCCC)CCCC)CN(C)C(C)C. The molecule has 0 spiro atoms. The minimum absolute atomic E-state index is 0.0197. The molecule has 0 heterocycles. The lowest BCUT2D eigenvalue weighted by Gasteiger charge is -2.27. The molecule has 0 saturated heterocycles. The van der Waals surface area contributed by atoms with Crippen molar-refractivity contribution in [2.24, 2.45) is 17.8 Å². The Bertz CT molecular complexity index is 770. The van der Waals surface area contributed by atoms with Crippen LogP contribution in [0.25, 0.3) is 0 Å². The molecule has 0 aliphatic rings. The molecule has 0 aliphatic heterocycles. The van der Waals surface area contributed by atoms with Crippen LogP contribution in [0.1, 0.15) is 273 Å². The number of ether oxygens (including phenoxy) is 2. The van der Waals surface area contributed by atoms with Crippen LogP contribution in [-0.4, -0.2) is 49.7 Å². The highest BCUT2D eigenvalue weighted by molar-refractivity contribution is 5.69. The fourth-order valence-electron chi connectivity index (χ4n) is 8.48. The fraction of sp³-hybridized carbons (Fsp3) is 0.962. The number of esters is 2. The Balaban J connectivity index is 3.89. The maximum atomic E-state index is 12.2. The maximum Gasteiger partial charge on any atom is 0.305 e. The molecule has 5 nitrogen and oxygen atoms in total. The average molecular weight is 806 g/mol. The normalized spacial score (nSPS) is 11.9. The molecule has 0 aromatic heterocycles. The van der Waals surface area contributed by atoms with E-state index >= 15 is 0 Å². The third-order valence-corrected chi connectivity index (χ3v) is 12.9. The van der Waals surface area contributed by atoms with Crippen LogP contribution in [0.3, 0.4) is 0 Å². The molecule has 0 aliphatic carbocycles. The standard InChI is InChI=1S/C52H103NO4/c1-8-12-34-48(35-13-9-2)42-44-56-51(54)40-32-28-24-20-16-18-22-26-30-38-50(46-53(7)47(5)6)39-31-27-23-19-17-21-25-29-33-41-52(55)57-45-43-49(36-14-10-3)37-15-11-4/h47-50H,8-46H2,1-7H3. The lowest BCUT2D eigenvalue weighted by molar-refractivity contribution is -0.145. The molecule has 0 saturated carbocycles. The van der Waals surface area contributed by atoms with Gasteiger partial charge in [0.2, 0.25) is 0 Å². The summed E-state index contributed by atoms with van der Waals surface area (Å²) in [5.41, 5.74) is 0. The number of carbonyl (C=O) groups excluding carboxylic acids is 2. The minimum Gasteiger partial charge on any atom is -0.466 e. The Labute approximate surface area is 358 Å². The van der Waals surface area contributed by atoms with E-state index in [0.717, 1.165) is 56.3 Å². The number of unbranched alkanes of at least 4 members (excludes halogenated alkanes) is 20. The molecule has 0 aromatic rings. The van der Waals surface area contributed by atoms with Crippen LogP contribution in [-0.2, 0) is 19.1 Å². The molecular weight excluding hydrogens is 703 g/mol. The van der Waals surface area contributed by atoms with Gasteiger partial charge in [-0.15, -0.1) is 0 Å². The second-order valence-electron chi connectivity index (χ2n) is 18.7. The first-order valence-corrected chi connectivity index (χ1v) is 25.8. The predicted octanol–water partition coefficient (Wildman–Crippen LogP) is 16.4. The number of hydrogen-bond acceptors (Lipinski definition) is 5. The van der Waals surface area contributed by atoms with Gasteiger partial charge in [0, 0.05) is 25.4 Å². The van der Waals surface area contributed by atoms with E-state index < -0.39 is 0 Å². The summed E-state index contributed by atoms with van der Waals surface area (Å²) in [6.07, 6.45) is 44.5. The summed E-state index contributed by atoms with van der Waals surface area (Å²) in [5.74, 6) is 2.34. The first-order chi connectivity index (χ1) is 27.8. The summed E-state index contributed by atoms with van der Waals surface area (Å²) < 4.78 is 11.2. The highest BCUT2D eigenvalue weighted by Gasteiger charge is 2.14. The molecule has 57 heavy (non-hydrogen) atoms. The molecular formula is C52H103NO4. The van der Waals surface area contributed by atoms with Gasteiger partial charge in [-0.05, 0) is 77.2 Å². The van der Waals surface area contributed by atoms with Crippen molar-refractivity contribution in [3.05, 3.63) is 0 Å². The van der Waals surface area contributed by atoms with Crippen LogP contribution in [0, 0.1) is 17.8 Å². The lowest BCUT2D eigenvalue weighted by Crippen LogP contribution is -2.31. The Morgan fingerprint density at radius 1 is 0.386 bits per heavy atom. The Morgan fingerprint density at radius 2 is 0.667 bits per heavy atom. The maximum absolute atomic E-state index is 12.2.